The maximum absolute atomic E-state index is 12.6. The molecule has 1 unspecified atom stereocenters. The van der Waals surface area contributed by atoms with Gasteiger partial charge in [-0.3, -0.25) is 4.79 Å². The Bertz CT molecular complexity index is 1140. The van der Waals surface area contributed by atoms with Crippen molar-refractivity contribution in [3.05, 3.63) is 59.7 Å². The summed E-state index contributed by atoms with van der Waals surface area (Å²) in [5, 5.41) is 2.73. The van der Waals surface area contributed by atoms with E-state index in [0.717, 1.165) is 31.6 Å². The van der Waals surface area contributed by atoms with Crippen LogP contribution >= 0.6 is 0 Å². The first-order valence-corrected chi connectivity index (χ1v) is 10.2. The first kappa shape index (κ1) is 21.9. The van der Waals surface area contributed by atoms with Crippen molar-refractivity contribution in [2.45, 2.75) is 18.6 Å². The molecule has 0 radical (unpaired) electrons. The SMILES string of the molecule is CN(C)C1CCN(c2nc3cc(NC(=O)/C=C\c4ccc(C(F)(F)F)cc4)ccc3o2)C1. The Kier molecular flexibility index (Phi) is 5.92. The number of nitrogens with one attached hydrogen (secondary N) is 1. The van der Waals surface area contributed by atoms with Crippen LogP contribution in [-0.2, 0) is 11.0 Å². The van der Waals surface area contributed by atoms with Gasteiger partial charge in [-0.15, -0.1) is 0 Å². The van der Waals surface area contributed by atoms with Crippen molar-refractivity contribution in [1.82, 2.24) is 9.88 Å². The zero-order valence-corrected chi connectivity index (χ0v) is 17.7. The number of nitrogens with zero attached hydrogens (tertiary/aromatic N) is 3. The Balaban J connectivity index is 1.40. The van der Waals surface area contributed by atoms with Gasteiger partial charge >= 0.3 is 6.18 Å². The van der Waals surface area contributed by atoms with Gasteiger partial charge in [0.2, 0.25) is 5.91 Å². The van der Waals surface area contributed by atoms with Gasteiger partial charge in [0, 0.05) is 30.9 Å². The lowest BCUT2D eigenvalue weighted by atomic mass is 10.1. The number of alkyl halides is 3. The van der Waals surface area contributed by atoms with E-state index in [2.05, 4.69) is 34.2 Å². The van der Waals surface area contributed by atoms with Crippen LogP contribution in [0.5, 0.6) is 0 Å². The van der Waals surface area contributed by atoms with Crippen LogP contribution in [0.3, 0.4) is 0 Å². The molecular weight excluding hydrogens is 421 g/mol. The van der Waals surface area contributed by atoms with Crippen LogP contribution < -0.4 is 10.2 Å². The number of anilines is 2. The van der Waals surface area contributed by atoms with E-state index in [1.807, 2.05) is 0 Å². The molecule has 2 heterocycles. The summed E-state index contributed by atoms with van der Waals surface area (Å²) < 4.78 is 43.7. The van der Waals surface area contributed by atoms with E-state index in [9.17, 15) is 18.0 Å². The van der Waals surface area contributed by atoms with Gasteiger partial charge in [-0.2, -0.15) is 18.2 Å². The molecular formula is C23H23F3N4O2. The highest BCUT2D eigenvalue weighted by Gasteiger charge is 2.30. The number of benzene rings is 2. The van der Waals surface area contributed by atoms with Crippen LogP contribution in [0.4, 0.5) is 24.9 Å². The second-order valence-corrected chi connectivity index (χ2v) is 7.97. The number of aromatic nitrogens is 1. The number of carbonyl (C=O) groups is 1. The first-order valence-electron chi connectivity index (χ1n) is 10.2. The molecule has 0 spiro atoms. The number of oxazole rings is 1. The average Bonchev–Trinajstić information content (AvgIpc) is 3.39. The molecule has 0 saturated carbocycles. The first-order chi connectivity index (χ1) is 15.2. The van der Waals surface area contributed by atoms with E-state index < -0.39 is 17.6 Å². The third-order valence-electron chi connectivity index (χ3n) is 5.47. The van der Waals surface area contributed by atoms with Crippen LogP contribution in [0.25, 0.3) is 17.2 Å². The predicted octanol–water partition coefficient (Wildman–Crippen LogP) is 4.64. The summed E-state index contributed by atoms with van der Waals surface area (Å²) in [5.41, 5.74) is 1.58. The molecule has 1 fully saturated rings. The number of hydrogen-bond donors (Lipinski definition) is 1. The van der Waals surface area contributed by atoms with Crippen molar-refractivity contribution in [2.24, 2.45) is 0 Å². The Hall–Kier alpha value is -3.33. The molecule has 0 bridgehead atoms. The molecule has 1 N–H and O–H groups in total. The van der Waals surface area contributed by atoms with Gasteiger partial charge in [0.1, 0.15) is 5.52 Å². The maximum atomic E-state index is 12.6. The molecule has 0 aliphatic carbocycles. The number of hydrogen-bond acceptors (Lipinski definition) is 5. The van der Waals surface area contributed by atoms with Gasteiger partial charge in [0.25, 0.3) is 6.01 Å². The van der Waals surface area contributed by atoms with Gasteiger partial charge in [0.15, 0.2) is 5.58 Å². The fourth-order valence-corrected chi connectivity index (χ4v) is 3.60. The average molecular weight is 444 g/mol. The summed E-state index contributed by atoms with van der Waals surface area (Å²) >= 11 is 0. The monoisotopic (exact) mass is 444 g/mol. The number of rotatable bonds is 5. The molecule has 9 heteroatoms. The summed E-state index contributed by atoms with van der Waals surface area (Å²) in [5.74, 6) is -0.402. The van der Waals surface area contributed by atoms with Crippen molar-refractivity contribution < 1.29 is 22.4 Å². The second-order valence-electron chi connectivity index (χ2n) is 7.97. The number of halogens is 3. The smallest absolute Gasteiger partial charge is 0.416 e. The number of likely N-dealkylation sites (N-methyl/N-ethyl adjacent to an activating group) is 1. The lowest BCUT2D eigenvalue weighted by Gasteiger charge is -2.19. The fraction of sp³-hybridized carbons (Fsp3) is 0.304. The topological polar surface area (TPSA) is 61.6 Å². The molecule has 1 aliphatic heterocycles. The highest BCUT2D eigenvalue weighted by atomic mass is 19.4. The number of carbonyl (C=O) groups excluding carboxylic acids is 1. The van der Waals surface area contributed by atoms with E-state index in [-0.39, 0.29) is 0 Å². The Morgan fingerprint density at radius 2 is 1.97 bits per heavy atom. The van der Waals surface area contributed by atoms with Crippen molar-refractivity contribution in [2.75, 3.05) is 37.4 Å². The highest BCUT2D eigenvalue weighted by molar-refractivity contribution is 6.02. The van der Waals surface area contributed by atoms with Crippen molar-refractivity contribution >= 4 is 34.8 Å². The largest absolute Gasteiger partial charge is 0.423 e. The van der Waals surface area contributed by atoms with Crippen molar-refractivity contribution in [3.8, 4) is 0 Å². The van der Waals surface area contributed by atoms with Crippen LogP contribution in [-0.4, -0.2) is 49.0 Å². The zero-order chi connectivity index (χ0) is 22.9. The third kappa shape index (κ3) is 4.94. The standard InChI is InChI=1S/C23H23F3N4O2/c1-29(2)18-11-12-30(14-18)22-28-19-13-17(8-9-20(19)32-22)27-21(31)10-5-15-3-6-16(7-4-15)23(24,25)26/h3-10,13,18H,11-12,14H2,1-2H3,(H,27,31)/b10-5-. The molecule has 3 aromatic rings. The van der Waals surface area contributed by atoms with E-state index in [1.54, 1.807) is 18.2 Å². The van der Waals surface area contributed by atoms with Crippen LogP contribution in [0.2, 0.25) is 0 Å². The molecule has 4 rings (SSSR count). The number of amides is 1. The lowest BCUT2D eigenvalue weighted by Crippen LogP contribution is -2.31. The molecule has 6 nitrogen and oxygen atoms in total. The Morgan fingerprint density at radius 1 is 1.22 bits per heavy atom. The fourth-order valence-electron chi connectivity index (χ4n) is 3.60. The molecule has 32 heavy (non-hydrogen) atoms. The maximum Gasteiger partial charge on any atom is 0.416 e. The van der Waals surface area contributed by atoms with Gasteiger partial charge < -0.3 is 19.5 Å². The van der Waals surface area contributed by atoms with E-state index >= 15 is 0 Å². The van der Waals surface area contributed by atoms with Crippen molar-refractivity contribution in [3.63, 3.8) is 0 Å². The number of fused-ring (bicyclic) bond motifs is 1. The predicted molar refractivity (Wildman–Crippen MR) is 117 cm³/mol. The third-order valence-corrected chi connectivity index (χ3v) is 5.47. The van der Waals surface area contributed by atoms with Gasteiger partial charge in [-0.25, -0.2) is 0 Å². The Labute approximate surface area is 183 Å². The molecule has 2 aromatic carbocycles. The summed E-state index contributed by atoms with van der Waals surface area (Å²) in [4.78, 5) is 21.1. The van der Waals surface area contributed by atoms with Crippen molar-refractivity contribution in [1.29, 1.82) is 0 Å². The van der Waals surface area contributed by atoms with Gasteiger partial charge in [0.05, 0.1) is 5.56 Å². The quantitative estimate of drug-likeness (QED) is 0.581. The van der Waals surface area contributed by atoms with Crippen LogP contribution in [0.1, 0.15) is 17.5 Å². The van der Waals surface area contributed by atoms with E-state index in [0.29, 0.717) is 34.4 Å². The summed E-state index contributed by atoms with van der Waals surface area (Å²) in [6.45, 7) is 1.71. The molecule has 1 atom stereocenters. The van der Waals surface area contributed by atoms with Gasteiger partial charge in [-0.1, -0.05) is 12.1 Å². The van der Waals surface area contributed by atoms with Gasteiger partial charge in [-0.05, 0) is 62.5 Å². The molecule has 1 saturated heterocycles. The minimum absolute atomic E-state index is 0.402. The zero-order valence-electron chi connectivity index (χ0n) is 17.7. The summed E-state index contributed by atoms with van der Waals surface area (Å²) in [6, 6.07) is 10.8. The minimum Gasteiger partial charge on any atom is -0.423 e. The van der Waals surface area contributed by atoms with Crippen LogP contribution in [0, 0.1) is 0 Å². The molecule has 1 amide bonds. The Morgan fingerprint density at radius 3 is 2.62 bits per heavy atom. The molecule has 1 aliphatic rings. The molecule has 168 valence electrons. The summed E-state index contributed by atoms with van der Waals surface area (Å²) in [6.07, 6.45) is -0.621. The van der Waals surface area contributed by atoms with Crippen LogP contribution in [0.15, 0.2) is 53.0 Å². The second kappa shape index (κ2) is 8.66. The molecule has 1 aromatic heterocycles. The van der Waals surface area contributed by atoms with E-state index in [1.165, 1.54) is 24.3 Å². The normalized spacial score (nSPS) is 17.1. The minimum atomic E-state index is -4.39. The lowest BCUT2D eigenvalue weighted by molar-refractivity contribution is -0.137. The van der Waals surface area contributed by atoms with E-state index in [4.69, 9.17) is 4.42 Å². The highest BCUT2D eigenvalue weighted by Crippen LogP contribution is 2.29. The summed E-state index contributed by atoms with van der Waals surface area (Å²) in [7, 11) is 4.11.